The van der Waals surface area contributed by atoms with Gasteiger partial charge < -0.3 is 16.0 Å². The molecule has 6 heteroatoms. The minimum Gasteiger partial charge on any atom is -0.369 e. The monoisotopic (exact) mass is 292 g/mol. The first-order chi connectivity index (χ1) is 10.7. The number of fused-ring (bicyclic) bond motifs is 1. The highest BCUT2D eigenvalue weighted by Gasteiger charge is 2.03. The van der Waals surface area contributed by atoms with E-state index in [-0.39, 0.29) is 5.96 Å². The van der Waals surface area contributed by atoms with Crippen molar-refractivity contribution in [2.75, 3.05) is 0 Å². The van der Waals surface area contributed by atoms with Crippen molar-refractivity contribution in [3.8, 4) is 0 Å². The predicted molar refractivity (Wildman–Crippen MR) is 88.7 cm³/mol. The van der Waals surface area contributed by atoms with Crippen LogP contribution >= 0.6 is 0 Å². The second-order valence-electron chi connectivity index (χ2n) is 4.89. The van der Waals surface area contributed by atoms with Gasteiger partial charge in [0.2, 0.25) is 5.96 Å². The fourth-order valence-corrected chi connectivity index (χ4v) is 2.27. The van der Waals surface area contributed by atoms with E-state index in [0.717, 1.165) is 23.2 Å². The standard InChI is InChI=1S/C16H16N6/c17-16(18)21-20-10-12-3-4-14-5-7-22(15(14)8-12)11-13-2-1-6-19-9-13/h1-10H,11H2,(H4,17,18,21). The minimum absolute atomic E-state index is 0.0581. The third-order valence-electron chi connectivity index (χ3n) is 3.25. The summed E-state index contributed by atoms with van der Waals surface area (Å²) in [5.74, 6) is -0.0581. The molecule has 0 fully saturated rings. The van der Waals surface area contributed by atoms with Crippen LogP contribution in [0.4, 0.5) is 0 Å². The number of guanidine groups is 1. The number of benzene rings is 1. The molecule has 0 aliphatic carbocycles. The fraction of sp³-hybridized carbons (Fsp3) is 0.0625. The molecule has 2 aromatic heterocycles. The van der Waals surface area contributed by atoms with Gasteiger partial charge >= 0.3 is 0 Å². The van der Waals surface area contributed by atoms with Crippen molar-refractivity contribution in [2.45, 2.75) is 6.54 Å². The van der Waals surface area contributed by atoms with Crippen LogP contribution in [0.25, 0.3) is 10.9 Å². The first kappa shape index (κ1) is 13.8. The molecule has 0 radical (unpaired) electrons. The summed E-state index contributed by atoms with van der Waals surface area (Å²) < 4.78 is 2.17. The fourth-order valence-electron chi connectivity index (χ4n) is 2.27. The number of hydrogen-bond donors (Lipinski definition) is 2. The molecule has 0 aliphatic heterocycles. The molecule has 0 atom stereocenters. The van der Waals surface area contributed by atoms with Crippen molar-refractivity contribution >= 4 is 23.1 Å². The second kappa shape index (κ2) is 6.09. The van der Waals surface area contributed by atoms with Crippen LogP contribution in [0.5, 0.6) is 0 Å². The maximum atomic E-state index is 5.24. The molecule has 0 spiro atoms. The van der Waals surface area contributed by atoms with Gasteiger partial charge in [0.1, 0.15) is 0 Å². The summed E-state index contributed by atoms with van der Waals surface area (Å²) in [6, 6.07) is 12.2. The highest BCUT2D eigenvalue weighted by molar-refractivity contribution is 5.89. The van der Waals surface area contributed by atoms with Crippen LogP contribution in [0, 0.1) is 0 Å². The van der Waals surface area contributed by atoms with Crippen LogP contribution in [0.2, 0.25) is 0 Å². The van der Waals surface area contributed by atoms with E-state index in [0.29, 0.717) is 0 Å². The Labute approximate surface area is 127 Å². The van der Waals surface area contributed by atoms with Crippen molar-refractivity contribution in [3.05, 3.63) is 66.1 Å². The van der Waals surface area contributed by atoms with E-state index in [2.05, 4.69) is 44.1 Å². The number of rotatable bonds is 4. The minimum atomic E-state index is -0.0581. The van der Waals surface area contributed by atoms with Crippen molar-refractivity contribution in [1.29, 1.82) is 0 Å². The van der Waals surface area contributed by atoms with Crippen LogP contribution in [-0.4, -0.2) is 21.7 Å². The second-order valence-corrected chi connectivity index (χ2v) is 4.89. The lowest BCUT2D eigenvalue weighted by Crippen LogP contribution is -2.21. The summed E-state index contributed by atoms with van der Waals surface area (Å²) in [5, 5.41) is 8.61. The van der Waals surface area contributed by atoms with Crippen molar-refractivity contribution in [3.63, 3.8) is 0 Å². The molecule has 110 valence electrons. The Morgan fingerprint density at radius 2 is 2.14 bits per heavy atom. The number of nitrogens with two attached hydrogens (primary N) is 2. The largest absolute Gasteiger partial charge is 0.369 e. The van der Waals surface area contributed by atoms with Crippen molar-refractivity contribution < 1.29 is 0 Å². The lowest BCUT2D eigenvalue weighted by atomic mass is 10.2. The molecule has 0 unspecified atom stereocenters. The Kier molecular flexibility index (Phi) is 3.82. The molecule has 0 saturated heterocycles. The molecule has 2 heterocycles. The van der Waals surface area contributed by atoms with E-state index in [1.807, 2.05) is 24.4 Å². The third kappa shape index (κ3) is 3.12. The van der Waals surface area contributed by atoms with E-state index in [4.69, 9.17) is 11.5 Å². The van der Waals surface area contributed by atoms with Crippen molar-refractivity contribution in [2.24, 2.45) is 21.7 Å². The van der Waals surface area contributed by atoms with Gasteiger partial charge in [0.25, 0.3) is 0 Å². The SMILES string of the molecule is NC(N)=NN=Cc1ccc2ccn(Cc3cccnc3)c2c1. The highest BCUT2D eigenvalue weighted by Crippen LogP contribution is 2.18. The van der Waals surface area contributed by atoms with Crippen LogP contribution in [0.15, 0.2) is 65.2 Å². The number of hydrogen-bond acceptors (Lipinski definition) is 3. The molecule has 6 nitrogen and oxygen atoms in total. The molecule has 1 aromatic carbocycles. The molecule has 3 rings (SSSR count). The van der Waals surface area contributed by atoms with Gasteiger partial charge in [0, 0.05) is 30.7 Å². The van der Waals surface area contributed by atoms with Crippen molar-refractivity contribution in [1.82, 2.24) is 9.55 Å². The zero-order chi connectivity index (χ0) is 15.4. The lowest BCUT2D eigenvalue weighted by molar-refractivity contribution is 0.831. The Bertz CT molecular complexity index is 828. The van der Waals surface area contributed by atoms with E-state index >= 15 is 0 Å². The Hall–Kier alpha value is -3.15. The highest BCUT2D eigenvalue weighted by atomic mass is 15.3. The van der Waals surface area contributed by atoms with Gasteiger partial charge in [0.05, 0.1) is 6.21 Å². The number of pyridine rings is 1. The van der Waals surface area contributed by atoms with Crippen LogP contribution in [-0.2, 0) is 6.54 Å². The molecule has 0 bridgehead atoms. The van der Waals surface area contributed by atoms with Gasteiger partial charge in [-0.3, -0.25) is 4.98 Å². The van der Waals surface area contributed by atoms with Gasteiger partial charge in [-0.2, -0.15) is 5.10 Å². The molecule has 0 saturated carbocycles. The van der Waals surface area contributed by atoms with Crippen LogP contribution in [0.3, 0.4) is 0 Å². The number of aromatic nitrogens is 2. The normalized spacial score (nSPS) is 11.1. The van der Waals surface area contributed by atoms with Gasteiger partial charge in [-0.15, -0.1) is 5.10 Å². The molecule has 22 heavy (non-hydrogen) atoms. The summed E-state index contributed by atoms with van der Waals surface area (Å²) >= 11 is 0. The predicted octanol–water partition coefficient (Wildman–Crippen LogP) is 1.69. The molecule has 4 N–H and O–H groups in total. The van der Waals surface area contributed by atoms with E-state index < -0.39 is 0 Å². The summed E-state index contributed by atoms with van der Waals surface area (Å²) in [6.45, 7) is 0.770. The summed E-state index contributed by atoms with van der Waals surface area (Å²) in [5.41, 5.74) is 13.7. The first-order valence-electron chi connectivity index (χ1n) is 6.82. The van der Waals surface area contributed by atoms with E-state index in [9.17, 15) is 0 Å². The zero-order valence-electron chi connectivity index (χ0n) is 11.9. The average molecular weight is 292 g/mol. The first-order valence-corrected chi connectivity index (χ1v) is 6.82. The molecular formula is C16H16N6. The van der Waals surface area contributed by atoms with Gasteiger partial charge in [0.15, 0.2) is 0 Å². The summed E-state index contributed by atoms with van der Waals surface area (Å²) in [4.78, 5) is 4.15. The van der Waals surface area contributed by atoms with Gasteiger partial charge in [-0.05, 0) is 34.7 Å². The maximum absolute atomic E-state index is 5.24. The topological polar surface area (TPSA) is 94.6 Å². The molecule has 0 amide bonds. The third-order valence-corrected chi connectivity index (χ3v) is 3.25. The molecular weight excluding hydrogens is 276 g/mol. The van der Waals surface area contributed by atoms with Crippen LogP contribution < -0.4 is 11.5 Å². The molecule has 0 aliphatic rings. The van der Waals surface area contributed by atoms with E-state index in [1.165, 1.54) is 5.39 Å². The molecule has 3 aromatic rings. The summed E-state index contributed by atoms with van der Waals surface area (Å²) in [7, 11) is 0. The Morgan fingerprint density at radius 1 is 1.23 bits per heavy atom. The zero-order valence-corrected chi connectivity index (χ0v) is 11.9. The summed E-state index contributed by atoms with van der Waals surface area (Å²) in [6.07, 6.45) is 7.33. The number of nitrogens with zero attached hydrogens (tertiary/aromatic N) is 4. The Balaban J connectivity index is 1.92. The average Bonchev–Trinajstić information content (AvgIpc) is 2.91. The van der Waals surface area contributed by atoms with E-state index in [1.54, 1.807) is 12.4 Å². The lowest BCUT2D eigenvalue weighted by Gasteiger charge is -2.05. The Morgan fingerprint density at radius 3 is 2.91 bits per heavy atom. The maximum Gasteiger partial charge on any atom is 0.211 e. The van der Waals surface area contributed by atoms with Crippen LogP contribution in [0.1, 0.15) is 11.1 Å². The smallest absolute Gasteiger partial charge is 0.211 e. The quantitative estimate of drug-likeness (QED) is 0.435. The van der Waals surface area contributed by atoms with Gasteiger partial charge in [-0.25, -0.2) is 0 Å². The van der Waals surface area contributed by atoms with Gasteiger partial charge in [-0.1, -0.05) is 18.2 Å².